The molecule has 2 N–H and O–H groups in total. The van der Waals surface area contributed by atoms with Crippen molar-refractivity contribution in [2.45, 2.75) is 6.42 Å². The van der Waals surface area contributed by atoms with Gasteiger partial charge in [0.2, 0.25) is 0 Å². The van der Waals surface area contributed by atoms with Crippen molar-refractivity contribution >= 4 is 29.0 Å². The predicted octanol–water partition coefficient (Wildman–Crippen LogP) is 3.55. The monoisotopic (exact) mass is 397 g/mol. The van der Waals surface area contributed by atoms with Gasteiger partial charge >= 0.3 is 6.03 Å². The molecule has 2 amide bonds. The zero-order chi connectivity index (χ0) is 19.8. The molecule has 1 heterocycles. The first-order valence-electron chi connectivity index (χ1n) is 9.42. The number of halogens is 1. The lowest BCUT2D eigenvalue weighted by Gasteiger charge is -2.36. The first-order valence-corrected chi connectivity index (χ1v) is 9.80. The van der Waals surface area contributed by atoms with Gasteiger partial charge in [0, 0.05) is 49.1 Å². The Bertz CT molecular complexity index is 843. The molecule has 1 aliphatic heterocycles. The van der Waals surface area contributed by atoms with Crippen molar-refractivity contribution in [3.05, 3.63) is 59.1 Å². The Morgan fingerprint density at radius 2 is 1.89 bits per heavy atom. The van der Waals surface area contributed by atoms with Gasteiger partial charge in [0.05, 0.1) is 11.6 Å². The van der Waals surface area contributed by atoms with Crippen molar-refractivity contribution in [1.82, 2.24) is 10.2 Å². The van der Waals surface area contributed by atoms with Crippen molar-refractivity contribution in [3.63, 3.8) is 0 Å². The standard InChI is InChI=1S/C21H24ClN5O/c22-18-5-2-7-20(15-18)27-12-10-26(11-13-27)9-3-8-24-21(28)25-19-6-1-4-17(14-19)16-23/h1-2,4-7,14-15H,3,8-13H2,(H2,24,25,28). The number of carbonyl (C=O) groups is 1. The molecular formula is C21H24ClN5O. The van der Waals surface area contributed by atoms with Crippen LogP contribution in [0.15, 0.2) is 48.5 Å². The summed E-state index contributed by atoms with van der Waals surface area (Å²) in [6.07, 6.45) is 0.892. The minimum atomic E-state index is -0.249. The molecule has 0 atom stereocenters. The fourth-order valence-electron chi connectivity index (χ4n) is 3.25. The summed E-state index contributed by atoms with van der Waals surface area (Å²) < 4.78 is 0. The van der Waals surface area contributed by atoms with E-state index in [1.807, 2.05) is 18.2 Å². The number of nitriles is 1. The number of urea groups is 1. The molecular weight excluding hydrogens is 374 g/mol. The lowest BCUT2D eigenvalue weighted by molar-refractivity contribution is 0.244. The summed E-state index contributed by atoms with van der Waals surface area (Å²) in [5.74, 6) is 0. The van der Waals surface area contributed by atoms with Crippen LogP contribution in [0.25, 0.3) is 0 Å². The van der Waals surface area contributed by atoms with Crippen LogP contribution in [0.1, 0.15) is 12.0 Å². The topological polar surface area (TPSA) is 71.4 Å². The molecule has 28 heavy (non-hydrogen) atoms. The van der Waals surface area contributed by atoms with E-state index in [4.69, 9.17) is 16.9 Å². The van der Waals surface area contributed by atoms with E-state index in [0.29, 0.717) is 17.8 Å². The van der Waals surface area contributed by atoms with E-state index in [0.717, 1.165) is 44.2 Å². The number of nitrogens with one attached hydrogen (secondary N) is 2. The Morgan fingerprint density at radius 3 is 2.64 bits per heavy atom. The number of hydrogen-bond donors (Lipinski definition) is 2. The smallest absolute Gasteiger partial charge is 0.319 e. The van der Waals surface area contributed by atoms with E-state index in [-0.39, 0.29) is 6.03 Å². The third-order valence-electron chi connectivity index (χ3n) is 4.73. The number of hydrogen-bond acceptors (Lipinski definition) is 4. The molecule has 146 valence electrons. The highest BCUT2D eigenvalue weighted by atomic mass is 35.5. The van der Waals surface area contributed by atoms with Crippen LogP contribution >= 0.6 is 11.6 Å². The number of amides is 2. The van der Waals surface area contributed by atoms with Gasteiger partial charge in [-0.25, -0.2) is 4.79 Å². The maximum Gasteiger partial charge on any atom is 0.319 e. The molecule has 1 saturated heterocycles. The number of nitrogens with zero attached hydrogens (tertiary/aromatic N) is 3. The minimum absolute atomic E-state index is 0.249. The fraction of sp³-hybridized carbons (Fsp3) is 0.333. The molecule has 0 spiro atoms. The first-order chi connectivity index (χ1) is 13.6. The molecule has 7 heteroatoms. The Labute approximate surface area is 170 Å². The summed E-state index contributed by atoms with van der Waals surface area (Å²) in [5.41, 5.74) is 2.31. The Kier molecular flexibility index (Phi) is 7.12. The van der Waals surface area contributed by atoms with Gasteiger partial charge in [0.1, 0.15) is 0 Å². The van der Waals surface area contributed by atoms with E-state index < -0.39 is 0 Å². The number of benzene rings is 2. The fourth-order valence-corrected chi connectivity index (χ4v) is 3.43. The third-order valence-corrected chi connectivity index (χ3v) is 4.97. The summed E-state index contributed by atoms with van der Waals surface area (Å²) in [6, 6.07) is 16.7. The molecule has 0 aliphatic carbocycles. The summed E-state index contributed by atoms with van der Waals surface area (Å²) in [6.45, 7) is 5.51. The van der Waals surface area contributed by atoms with E-state index in [2.05, 4.69) is 32.6 Å². The predicted molar refractivity (Wildman–Crippen MR) is 113 cm³/mol. The van der Waals surface area contributed by atoms with Crippen LogP contribution < -0.4 is 15.5 Å². The van der Waals surface area contributed by atoms with E-state index in [1.165, 1.54) is 5.69 Å². The number of carbonyl (C=O) groups excluding carboxylic acids is 1. The number of rotatable bonds is 6. The molecule has 0 bridgehead atoms. The molecule has 0 radical (unpaired) electrons. The Hall–Kier alpha value is -2.75. The highest BCUT2D eigenvalue weighted by Crippen LogP contribution is 2.20. The summed E-state index contributed by atoms with van der Waals surface area (Å²) >= 11 is 6.08. The highest BCUT2D eigenvalue weighted by molar-refractivity contribution is 6.30. The second kappa shape index (κ2) is 9.98. The summed E-state index contributed by atoms with van der Waals surface area (Å²) in [4.78, 5) is 16.7. The largest absolute Gasteiger partial charge is 0.369 e. The molecule has 0 saturated carbocycles. The Balaban J connectivity index is 1.33. The van der Waals surface area contributed by atoms with E-state index in [1.54, 1.807) is 24.3 Å². The van der Waals surface area contributed by atoms with Gasteiger partial charge in [0.15, 0.2) is 0 Å². The van der Waals surface area contributed by atoms with Gasteiger partial charge in [-0.2, -0.15) is 5.26 Å². The normalized spacial score (nSPS) is 14.4. The van der Waals surface area contributed by atoms with Gasteiger partial charge in [-0.3, -0.25) is 4.90 Å². The molecule has 2 aromatic rings. The molecule has 6 nitrogen and oxygen atoms in total. The molecule has 1 fully saturated rings. The average Bonchev–Trinajstić information content (AvgIpc) is 2.72. The number of anilines is 2. The summed E-state index contributed by atoms with van der Waals surface area (Å²) in [7, 11) is 0. The van der Waals surface area contributed by atoms with Gasteiger partial charge in [-0.1, -0.05) is 23.7 Å². The van der Waals surface area contributed by atoms with Crippen LogP contribution in [-0.2, 0) is 0 Å². The van der Waals surface area contributed by atoms with Crippen LogP contribution in [0.4, 0.5) is 16.2 Å². The van der Waals surface area contributed by atoms with Crippen molar-refractivity contribution in [2.24, 2.45) is 0 Å². The third kappa shape index (κ3) is 5.88. The average molecular weight is 398 g/mol. The van der Waals surface area contributed by atoms with Gasteiger partial charge < -0.3 is 15.5 Å². The molecule has 0 aromatic heterocycles. The molecule has 2 aromatic carbocycles. The van der Waals surface area contributed by atoms with E-state index >= 15 is 0 Å². The van der Waals surface area contributed by atoms with Crippen molar-refractivity contribution in [3.8, 4) is 6.07 Å². The second-order valence-corrected chi connectivity index (χ2v) is 7.17. The quantitative estimate of drug-likeness (QED) is 0.731. The van der Waals surface area contributed by atoms with Gasteiger partial charge in [-0.05, 0) is 49.4 Å². The van der Waals surface area contributed by atoms with Crippen molar-refractivity contribution in [2.75, 3.05) is 49.5 Å². The Morgan fingerprint density at radius 1 is 1.11 bits per heavy atom. The first kappa shape index (κ1) is 20.0. The van der Waals surface area contributed by atoms with E-state index in [9.17, 15) is 4.79 Å². The minimum Gasteiger partial charge on any atom is -0.369 e. The van der Waals surface area contributed by atoms with Crippen molar-refractivity contribution < 1.29 is 4.79 Å². The van der Waals surface area contributed by atoms with Crippen LogP contribution in [0.5, 0.6) is 0 Å². The molecule has 0 unspecified atom stereocenters. The lowest BCUT2D eigenvalue weighted by Crippen LogP contribution is -2.47. The summed E-state index contributed by atoms with van der Waals surface area (Å²) in [5, 5.41) is 15.3. The van der Waals surface area contributed by atoms with Crippen LogP contribution in [-0.4, -0.2) is 50.2 Å². The SMILES string of the molecule is N#Cc1cccc(NC(=O)NCCCN2CCN(c3cccc(Cl)c3)CC2)c1. The van der Waals surface area contributed by atoms with Gasteiger partial charge in [0.25, 0.3) is 0 Å². The van der Waals surface area contributed by atoms with Crippen LogP contribution in [0.2, 0.25) is 5.02 Å². The zero-order valence-corrected chi connectivity index (χ0v) is 16.5. The zero-order valence-electron chi connectivity index (χ0n) is 15.7. The lowest BCUT2D eigenvalue weighted by atomic mass is 10.2. The maximum atomic E-state index is 12.0. The molecule has 1 aliphatic rings. The highest BCUT2D eigenvalue weighted by Gasteiger charge is 2.17. The van der Waals surface area contributed by atoms with Crippen LogP contribution in [0.3, 0.4) is 0 Å². The van der Waals surface area contributed by atoms with Crippen LogP contribution in [0, 0.1) is 11.3 Å². The maximum absolute atomic E-state index is 12.0. The van der Waals surface area contributed by atoms with Gasteiger partial charge in [-0.15, -0.1) is 0 Å². The van der Waals surface area contributed by atoms with Crippen molar-refractivity contribution in [1.29, 1.82) is 5.26 Å². The number of piperazine rings is 1. The molecule has 3 rings (SSSR count). The second-order valence-electron chi connectivity index (χ2n) is 6.74.